The molecule has 1 fully saturated rings. The molecule has 3 heterocycles. The van der Waals surface area contributed by atoms with Crippen molar-refractivity contribution in [1.29, 1.82) is 0 Å². The molecule has 5 nitrogen and oxygen atoms in total. The standard InChI is InChI=1S/C21H21F4N3O2/c1-26-10-14(11-26)18-12-27(7-5-22)19-8-15(2-3-17(18)19)28-6-4-16(9-20(28)29)30-13-21(23,24)25/h2-4,6,8-9,12,14H,5,7,10-11,13H2,1H3. The highest BCUT2D eigenvalue weighted by Gasteiger charge is 2.29. The van der Waals surface area contributed by atoms with Gasteiger partial charge >= 0.3 is 6.18 Å². The predicted molar refractivity (Wildman–Crippen MR) is 105 cm³/mol. The van der Waals surface area contributed by atoms with Crippen molar-refractivity contribution in [3.63, 3.8) is 0 Å². The number of aryl methyl sites for hydroxylation is 1. The lowest BCUT2D eigenvalue weighted by Crippen LogP contribution is -2.41. The first-order valence-corrected chi connectivity index (χ1v) is 9.55. The van der Waals surface area contributed by atoms with Crippen LogP contribution >= 0.6 is 0 Å². The molecule has 2 aromatic heterocycles. The number of likely N-dealkylation sites (tertiary alicyclic amines) is 1. The van der Waals surface area contributed by atoms with Crippen molar-refractivity contribution < 1.29 is 22.3 Å². The van der Waals surface area contributed by atoms with Crippen LogP contribution in [-0.4, -0.2) is 53.6 Å². The van der Waals surface area contributed by atoms with Crippen molar-refractivity contribution in [1.82, 2.24) is 14.0 Å². The molecule has 0 N–H and O–H groups in total. The first kappa shape index (κ1) is 20.5. The summed E-state index contributed by atoms with van der Waals surface area (Å²) in [4.78, 5) is 14.7. The van der Waals surface area contributed by atoms with Crippen molar-refractivity contribution in [2.45, 2.75) is 18.6 Å². The van der Waals surface area contributed by atoms with Crippen LogP contribution in [0.2, 0.25) is 0 Å². The highest BCUT2D eigenvalue weighted by atomic mass is 19.4. The van der Waals surface area contributed by atoms with E-state index in [4.69, 9.17) is 0 Å². The van der Waals surface area contributed by atoms with Crippen molar-refractivity contribution in [3.8, 4) is 11.4 Å². The Bertz CT molecular complexity index is 1110. The summed E-state index contributed by atoms with van der Waals surface area (Å²) in [5.41, 5.74) is 2.01. The van der Waals surface area contributed by atoms with Crippen LogP contribution in [0, 0.1) is 0 Å². The number of fused-ring (bicyclic) bond motifs is 1. The van der Waals surface area contributed by atoms with E-state index in [0.717, 1.165) is 35.6 Å². The number of pyridine rings is 1. The van der Waals surface area contributed by atoms with Gasteiger partial charge in [0.05, 0.1) is 17.7 Å². The lowest BCUT2D eigenvalue weighted by Gasteiger charge is -2.36. The van der Waals surface area contributed by atoms with Crippen LogP contribution in [0.15, 0.2) is 47.5 Å². The van der Waals surface area contributed by atoms with Gasteiger partial charge in [-0.1, -0.05) is 6.07 Å². The van der Waals surface area contributed by atoms with Gasteiger partial charge in [0.2, 0.25) is 0 Å². The van der Waals surface area contributed by atoms with Crippen LogP contribution in [0.3, 0.4) is 0 Å². The topological polar surface area (TPSA) is 39.4 Å². The van der Waals surface area contributed by atoms with E-state index in [9.17, 15) is 22.4 Å². The van der Waals surface area contributed by atoms with Gasteiger partial charge < -0.3 is 14.2 Å². The Labute approximate surface area is 170 Å². The first-order valence-electron chi connectivity index (χ1n) is 9.55. The number of benzene rings is 1. The number of likely N-dealkylation sites (N-methyl/N-ethyl adjacent to an activating group) is 1. The molecule has 1 aromatic carbocycles. The fourth-order valence-corrected chi connectivity index (χ4v) is 3.88. The normalized spacial score (nSPS) is 15.5. The van der Waals surface area contributed by atoms with Crippen molar-refractivity contribution in [3.05, 3.63) is 58.6 Å². The molecule has 0 radical (unpaired) electrons. The van der Waals surface area contributed by atoms with Crippen molar-refractivity contribution in [2.24, 2.45) is 0 Å². The van der Waals surface area contributed by atoms with Gasteiger partial charge in [-0.05, 0) is 30.8 Å². The second-order valence-electron chi connectivity index (χ2n) is 7.56. The van der Waals surface area contributed by atoms with E-state index < -0.39 is 25.0 Å². The van der Waals surface area contributed by atoms with E-state index in [1.165, 1.54) is 16.8 Å². The minimum atomic E-state index is -4.48. The van der Waals surface area contributed by atoms with Crippen LogP contribution < -0.4 is 10.3 Å². The fraction of sp³-hybridized carbons (Fsp3) is 0.381. The molecule has 1 saturated heterocycles. The number of hydrogen-bond acceptors (Lipinski definition) is 3. The fourth-order valence-electron chi connectivity index (χ4n) is 3.88. The van der Waals surface area contributed by atoms with Crippen LogP contribution in [0.25, 0.3) is 16.6 Å². The van der Waals surface area contributed by atoms with Gasteiger partial charge in [-0.2, -0.15) is 13.2 Å². The summed E-state index contributed by atoms with van der Waals surface area (Å²) >= 11 is 0. The molecule has 3 aromatic rings. The molecule has 0 saturated carbocycles. The monoisotopic (exact) mass is 423 g/mol. The van der Waals surface area contributed by atoms with Gasteiger partial charge in [0.1, 0.15) is 12.4 Å². The Morgan fingerprint density at radius 3 is 2.57 bits per heavy atom. The minimum absolute atomic E-state index is 0.146. The molecular formula is C21H21F4N3O2. The number of ether oxygens (including phenoxy) is 1. The molecule has 4 rings (SSSR count). The average Bonchev–Trinajstić information content (AvgIpc) is 3.01. The van der Waals surface area contributed by atoms with Gasteiger partial charge in [-0.25, -0.2) is 4.39 Å². The third kappa shape index (κ3) is 4.07. The number of nitrogens with zero attached hydrogens (tertiary/aromatic N) is 3. The van der Waals surface area contributed by atoms with E-state index in [2.05, 4.69) is 9.64 Å². The zero-order chi connectivity index (χ0) is 21.5. The van der Waals surface area contributed by atoms with E-state index in [-0.39, 0.29) is 12.3 Å². The maximum absolute atomic E-state index is 13.1. The zero-order valence-corrected chi connectivity index (χ0v) is 16.3. The lowest BCUT2D eigenvalue weighted by molar-refractivity contribution is -0.153. The molecule has 0 spiro atoms. The molecule has 0 unspecified atom stereocenters. The second kappa shape index (κ2) is 7.79. The van der Waals surface area contributed by atoms with Gasteiger partial charge in [0.15, 0.2) is 6.61 Å². The second-order valence-corrected chi connectivity index (χ2v) is 7.56. The van der Waals surface area contributed by atoms with Crippen LogP contribution in [0.5, 0.6) is 5.75 Å². The average molecular weight is 423 g/mol. The molecule has 9 heteroatoms. The van der Waals surface area contributed by atoms with Crippen molar-refractivity contribution >= 4 is 10.9 Å². The van der Waals surface area contributed by atoms with E-state index in [1.54, 1.807) is 12.1 Å². The quantitative estimate of drug-likeness (QED) is 0.568. The summed E-state index contributed by atoms with van der Waals surface area (Å²) in [6, 6.07) is 7.83. The molecule has 1 aliphatic heterocycles. The molecule has 1 aliphatic rings. The van der Waals surface area contributed by atoms with E-state index >= 15 is 0 Å². The Balaban J connectivity index is 1.68. The maximum Gasteiger partial charge on any atom is 0.422 e. The number of hydrogen-bond donors (Lipinski definition) is 0. The Morgan fingerprint density at radius 1 is 1.17 bits per heavy atom. The highest BCUT2D eigenvalue weighted by Crippen LogP contribution is 2.34. The van der Waals surface area contributed by atoms with Crippen LogP contribution in [0.1, 0.15) is 11.5 Å². The Morgan fingerprint density at radius 2 is 1.93 bits per heavy atom. The lowest BCUT2D eigenvalue weighted by atomic mass is 9.92. The summed E-state index contributed by atoms with van der Waals surface area (Å²) in [6.07, 6.45) is -1.13. The van der Waals surface area contributed by atoms with Gasteiger partial charge in [0.25, 0.3) is 5.56 Å². The molecule has 0 bridgehead atoms. The van der Waals surface area contributed by atoms with E-state index in [0.29, 0.717) is 11.6 Å². The smallest absolute Gasteiger partial charge is 0.422 e. The largest absolute Gasteiger partial charge is 0.484 e. The summed E-state index contributed by atoms with van der Waals surface area (Å²) in [6.45, 7) is 0.119. The summed E-state index contributed by atoms with van der Waals surface area (Å²) in [5, 5.41) is 1.02. The summed E-state index contributed by atoms with van der Waals surface area (Å²) in [5.74, 6) is 0.240. The van der Waals surface area contributed by atoms with Gasteiger partial charge in [0, 0.05) is 42.9 Å². The Kier molecular flexibility index (Phi) is 5.31. The molecule has 0 amide bonds. The summed E-state index contributed by atoms with van der Waals surface area (Å²) in [7, 11) is 2.05. The predicted octanol–water partition coefficient (Wildman–Crippen LogP) is 3.73. The number of aromatic nitrogens is 2. The SMILES string of the molecule is CN1CC(c2cn(CCF)c3cc(-n4ccc(OCC(F)(F)F)cc4=O)ccc23)C1. The maximum atomic E-state index is 13.1. The molecule has 30 heavy (non-hydrogen) atoms. The Hall–Kier alpha value is -2.81. The minimum Gasteiger partial charge on any atom is -0.484 e. The van der Waals surface area contributed by atoms with Gasteiger partial charge in [-0.3, -0.25) is 9.36 Å². The highest BCUT2D eigenvalue weighted by molar-refractivity contribution is 5.86. The molecule has 0 atom stereocenters. The van der Waals surface area contributed by atoms with Crippen LogP contribution in [-0.2, 0) is 6.54 Å². The molecular weight excluding hydrogens is 402 g/mol. The van der Waals surface area contributed by atoms with E-state index in [1.807, 2.05) is 23.9 Å². The third-order valence-corrected chi connectivity index (χ3v) is 5.30. The van der Waals surface area contributed by atoms with Crippen molar-refractivity contribution in [2.75, 3.05) is 33.4 Å². The summed E-state index contributed by atoms with van der Waals surface area (Å²) < 4.78 is 57.8. The molecule has 160 valence electrons. The zero-order valence-electron chi connectivity index (χ0n) is 16.3. The first-order chi connectivity index (χ1) is 14.2. The third-order valence-electron chi connectivity index (χ3n) is 5.30. The van der Waals surface area contributed by atoms with Crippen LogP contribution in [0.4, 0.5) is 17.6 Å². The van der Waals surface area contributed by atoms with Gasteiger partial charge in [-0.15, -0.1) is 0 Å². The number of alkyl halides is 4. The molecule has 0 aliphatic carbocycles. The number of halogens is 4. The number of rotatable bonds is 6.